The Morgan fingerprint density at radius 3 is 2.42 bits per heavy atom. The summed E-state index contributed by atoms with van der Waals surface area (Å²) in [6.45, 7) is 3.05. The van der Waals surface area contributed by atoms with Gasteiger partial charge in [-0.2, -0.15) is 0 Å². The molecule has 0 N–H and O–H groups in total. The maximum Gasteiger partial charge on any atom is 0.228 e. The highest BCUT2D eigenvalue weighted by molar-refractivity contribution is 6.30. The number of anilines is 1. The Kier molecular flexibility index (Phi) is 5.72. The molecule has 1 saturated carbocycles. The second-order valence-electron chi connectivity index (χ2n) is 8.98. The number of piperazine rings is 1. The van der Waals surface area contributed by atoms with E-state index in [4.69, 9.17) is 11.6 Å². The van der Waals surface area contributed by atoms with Crippen LogP contribution in [0, 0.1) is 5.92 Å². The Morgan fingerprint density at radius 2 is 1.71 bits per heavy atom. The van der Waals surface area contributed by atoms with Gasteiger partial charge in [0.25, 0.3) is 0 Å². The van der Waals surface area contributed by atoms with Gasteiger partial charge in [0, 0.05) is 55.4 Å². The third-order valence-electron chi connectivity index (χ3n) is 6.79. The first-order valence-electron chi connectivity index (χ1n) is 11.2. The van der Waals surface area contributed by atoms with Gasteiger partial charge < -0.3 is 9.80 Å². The zero-order chi connectivity index (χ0) is 21.4. The first kappa shape index (κ1) is 20.5. The molecule has 2 aromatic rings. The average molecular weight is 438 g/mol. The lowest BCUT2D eigenvalue weighted by Gasteiger charge is -2.42. The first-order chi connectivity index (χ1) is 15.1. The summed E-state index contributed by atoms with van der Waals surface area (Å²) in [6, 6.07) is 18.5. The Hall–Kier alpha value is -2.37. The molecule has 2 unspecified atom stereocenters. The molecular weight excluding hydrogens is 410 g/mol. The van der Waals surface area contributed by atoms with Gasteiger partial charge in [-0.05, 0) is 49.1 Å². The van der Waals surface area contributed by atoms with E-state index in [1.165, 1.54) is 18.4 Å². The molecule has 0 radical (unpaired) electrons. The van der Waals surface area contributed by atoms with Crippen molar-refractivity contribution in [2.24, 2.45) is 5.92 Å². The average Bonchev–Trinajstić information content (AvgIpc) is 3.56. The standard InChI is InChI=1S/C25H28ClN3O2/c26-20-6-8-22(9-7-20)29-16-19(15-24(29)30)25(31)28-13-12-27(21-10-11-21)17-23(28)14-18-4-2-1-3-5-18/h1-9,19,21,23H,10-17H2. The van der Waals surface area contributed by atoms with Gasteiger partial charge in [0.05, 0.1) is 5.92 Å². The normalized spacial score (nSPS) is 24.6. The number of halogens is 1. The molecule has 31 heavy (non-hydrogen) atoms. The van der Waals surface area contributed by atoms with Gasteiger partial charge in [0.1, 0.15) is 0 Å². The summed E-state index contributed by atoms with van der Waals surface area (Å²) >= 11 is 5.99. The Balaban J connectivity index is 1.31. The minimum absolute atomic E-state index is 0.0110. The predicted molar refractivity (Wildman–Crippen MR) is 122 cm³/mol. The van der Waals surface area contributed by atoms with Gasteiger partial charge in [0.15, 0.2) is 0 Å². The molecule has 0 bridgehead atoms. The van der Waals surface area contributed by atoms with Crippen molar-refractivity contribution in [3.05, 3.63) is 65.2 Å². The molecule has 5 nitrogen and oxygen atoms in total. The van der Waals surface area contributed by atoms with E-state index in [2.05, 4.69) is 34.1 Å². The number of benzene rings is 2. The van der Waals surface area contributed by atoms with E-state index in [0.717, 1.165) is 31.7 Å². The molecule has 1 aliphatic carbocycles. The van der Waals surface area contributed by atoms with Crippen LogP contribution in [0.4, 0.5) is 5.69 Å². The van der Waals surface area contributed by atoms with Crippen molar-refractivity contribution in [1.29, 1.82) is 0 Å². The lowest BCUT2D eigenvalue weighted by Crippen LogP contribution is -2.57. The Labute approximate surface area is 188 Å². The van der Waals surface area contributed by atoms with Gasteiger partial charge >= 0.3 is 0 Å². The molecule has 2 aromatic carbocycles. The van der Waals surface area contributed by atoms with E-state index in [1.807, 2.05) is 18.2 Å². The lowest BCUT2D eigenvalue weighted by molar-refractivity contribution is -0.140. The zero-order valence-electron chi connectivity index (χ0n) is 17.6. The SMILES string of the molecule is O=C1CC(C(=O)N2CCN(C3CC3)CC2Cc2ccccc2)CN1c1ccc(Cl)cc1. The molecule has 5 rings (SSSR count). The number of hydrogen-bond donors (Lipinski definition) is 0. The lowest BCUT2D eigenvalue weighted by atomic mass is 9.98. The quantitative estimate of drug-likeness (QED) is 0.717. The van der Waals surface area contributed by atoms with Crippen molar-refractivity contribution in [1.82, 2.24) is 9.80 Å². The fraction of sp³-hybridized carbons (Fsp3) is 0.440. The summed E-state index contributed by atoms with van der Waals surface area (Å²) in [5.41, 5.74) is 2.07. The maximum atomic E-state index is 13.6. The summed E-state index contributed by atoms with van der Waals surface area (Å²) in [7, 11) is 0. The van der Waals surface area contributed by atoms with Crippen molar-refractivity contribution in [2.75, 3.05) is 31.1 Å². The fourth-order valence-corrected chi connectivity index (χ4v) is 5.11. The van der Waals surface area contributed by atoms with Crippen LogP contribution in [-0.4, -0.2) is 59.9 Å². The molecule has 2 amide bonds. The van der Waals surface area contributed by atoms with Crippen LogP contribution in [0.1, 0.15) is 24.8 Å². The summed E-state index contributed by atoms with van der Waals surface area (Å²) in [6.07, 6.45) is 3.69. The molecular formula is C25H28ClN3O2. The molecule has 162 valence electrons. The summed E-state index contributed by atoms with van der Waals surface area (Å²) in [5.74, 6) is -0.146. The highest BCUT2D eigenvalue weighted by Gasteiger charge is 2.42. The van der Waals surface area contributed by atoms with Crippen molar-refractivity contribution in [3.63, 3.8) is 0 Å². The second-order valence-corrected chi connectivity index (χ2v) is 9.42. The monoisotopic (exact) mass is 437 g/mol. The minimum Gasteiger partial charge on any atom is -0.336 e. The Morgan fingerprint density at radius 1 is 0.968 bits per heavy atom. The van der Waals surface area contributed by atoms with Crippen LogP contribution in [0.25, 0.3) is 0 Å². The minimum atomic E-state index is -0.283. The summed E-state index contributed by atoms with van der Waals surface area (Å²) in [4.78, 5) is 32.6. The third kappa shape index (κ3) is 4.48. The predicted octanol–water partition coefficient (Wildman–Crippen LogP) is 3.61. The molecule has 2 aliphatic heterocycles. The number of amides is 2. The molecule has 3 fully saturated rings. The third-order valence-corrected chi connectivity index (χ3v) is 7.04. The van der Waals surface area contributed by atoms with Crippen LogP contribution in [0.15, 0.2) is 54.6 Å². The molecule has 2 atom stereocenters. The Bertz CT molecular complexity index is 945. The van der Waals surface area contributed by atoms with E-state index in [1.54, 1.807) is 17.0 Å². The highest BCUT2D eigenvalue weighted by Crippen LogP contribution is 2.32. The van der Waals surface area contributed by atoms with E-state index in [9.17, 15) is 9.59 Å². The number of hydrogen-bond acceptors (Lipinski definition) is 3. The molecule has 2 heterocycles. The molecule has 3 aliphatic rings. The molecule has 0 spiro atoms. The molecule has 2 saturated heterocycles. The summed E-state index contributed by atoms with van der Waals surface area (Å²) in [5, 5.41) is 0.639. The van der Waals surface area contributed by atoms with Crippen LogP contribution >= 0.6 is 11.6 Å². The van der Waals surface area contributed by atoms with E-state index in [-0.39, 0.29) is 30.2 Å². The summed E-state index contributed by atoms with van der Waals surface area (Å²) < 4.78 is 0. The number of nitrogens with zero attached hydrogens (tertiary/aromatic N) is 3. The number of rotatable bonds is 5. The van der Waals surface area contributed by atoms with Crippen LogP contribution in [0.5, 0.6) is 0 Å². The maximum absolute atomic E-state index is 13.6. The van der Waals surface area contributed by atoms with Gasteiger partial charge in [-0.1, -0.05) is 41.9 Å². The number of carbonyl (C=O) groups excluding carboxylic acids is 2. The molecule has 6 heteroatoms. The van der Waals surface area contributed by atoms with Crippen LogP contribution < -0.4 is 4.90 Å². The van der Waals surface area contributed by atoms with Gasteiger partial charge in [-0.15, -0.1) is 0 Å². The largest absolute Gasteiger partial charge is 0.336 e. The van der Waals surface area contributed by atoms with Crippen LogP contribution in [0.2, 0.25) is 5.02 Å². The van der Waals surface area contributed by atoms with E-state index >= 15 is 0 Å². The van der Waals surface area contributed by atoms with Gasteiger partial charge in [-0.3, -0.25) is 14.5 Å². The van der Waals surface area contributed by atoms with Gasteiger partial charge in [-0.25, -0.2) is 0 Å². The van der Waals surface area contributed by atoms with E-state index < -0.39 is 0 Å². The van der Waals surface area contributed by atoms with Crippen molar-refractivity contribution >= 4 is 29.1 Å². The van der Waals surface area contributed by atoms with Crippen LogP contribution in [-0.2, 0) is 16.0 Å². The van der Waals surface area contributed by atoms with Crippen LogP contribution in [0.3, 0.4) is 0 Å². The molecule has 0 aromatic heterocycles. The highest BCUT2D eigenvalue weighted by atomic mass is 35.5. The van der Waals surface area contributed by atoms with Crippen molar-refractivity contribution in [2.45, 2.75) is 37.8 Å². The zero-order valence-corrected chi connectivity index (χ0v) is 18.4. The first-order valence-corrected chi connectivity index (χ1v) is 11.6. The van der Waals surface area contributed by atoms with Crippen molar-refractivity contribution in [3.8, 4) is 0 Å². The smallest absolute Gasteiger partial charge is 0.228 e. The topological polar surface area (TPSA) is 43.9 Å². The van der Waals surface area contributed by atoms with Crippen molar-refractivity contribution < 1.29 is 9.59 Å². The second kappa shape index (κ2) is 8.64. The fourth-order valence-electron chi connectivity index (χ4n) is 4.98. The number of carbonyl (C=O) groups is 2. The van der Waals surface area contributed by atoms with Gasteiger partial charge in [0.2, 0.25) is 11.8 Å². The van der Waals surface area contributed by atoms with E-state index in [0.29, 0.717) is 17.6 Å².